The lowest BCUT2D eigenvalue weighted by molar-refractivity contribution is -0.148. The van der Waals surface area contributed by atoms with Crippen LogP contribution in [0.15, 0.2) is 24.3 Å². The molecule has 0 saturated carbocycles. The second-order valence-electron chi connectivity index (χ2n) is 4.54. The fraction of sp³-hybridized carbons (Fsp3) is 0.267. The van der Waals surface area contributed by atoms with Crippen LogP contribution in [0.25, 0.3) is 6.08 Å². The van der Waals surface area contributed by atoms with E-state index < -0.39 is 24.3 Å². The smallest absolute Gasteiger partial charge is 0.331 e. The van der Waals surface area contributed by atoms with Crippen molar-refractivity contribution >= 4 is 35.5 Å². The number of rotatable bonds is 6. The van der Waals surface area contributed by atoms with Gasteiger partial charge >= 0.3 is 5.97 Å². The summed E-state index contributed by atoms with van der Waals surface area (Å²) in [5, 5.41) is 2.31. The molecule has 0 aliphatic carbocycles. The average molecular weight is 343 g/mol. The first-order chi connectivity index (χ1) is 10.8. The topological polar surface area (TPSA) is 75.7 Å². The predicted octanol–water partition coefficient (Wildman–Crippen LogP) is 1.24. The lowest BCUT2D eigenvalue weighted by atomic mass is 10.2. The monoisotopic (exact) mass is 342 g/mol. The van der Waals surface area contributed by atoms with Gasteiger partial charge in [0.1, 0.15) is 5.82 Å². The fourth-order valence-corrected chi connectivity index (χ4v) is 1.64. The highest BCUT2D eigenvalue weighted by molar-refractivity contribution is 6.30. The molecule has 1 rings (SSSR count). The van der Waals surface area contributed by atoms with Crippen LogP contribution < -0.4 is 5.32 Å². The largest absolute Gasteiger partial charge is 0.452 e. The first-order valence-corrected chi connectivity index (χ1v) is 6.95. The Morgan fingerprint density at radius 1 is 1.39 bits per heavy atom. The van der Waals surface area contributed by atoms with Gasteiger partial charge in [-0.2, -0.15) is 0 Å². The maximum absolute atomic E-state index is 13.0. The van der Waals surface area contributed by atoms with Crippen molar-refractivity contribution in [2.45, 2.75) is 0 Å². The van der Waals surface area contributed by atoms with Gasteiger partial charge in [0.25, 0.3) is 5.91 Å². The number of ether oxygens (including phenoxy) is 1. The van der Waals surface area contributed by atoms with Gasteiger partial charge in [0.2, 0.25) is 5.91 Å². The minimum Gasteiger partial charge on any atom is -0.452 e. The fourth-order valence-electron chi connectivity index (χ4n) is 1.45. The van der Waals surface area contributed by atoms with Crippen molar-refractivity contribution in [2.24, 2.45) is 0 Å². The third-order valence-electron chi connectivity index (χ3n) is 2.78. The molecular formula is C15H16ClFN2O4. The molecule has 6 nitrogen and oxygen atoms in total. The van der Waals surface area contributed by atoms with E-state index in [1.54, 1.807) is 0 Å². The number of esters is 1. The number of nitrogens with zero attached hydrogens (tertiary/aromatic N) is 1. The first kappa shape index (κ1) is 18.6. The Morgan fingerprint density at radius 3 is 2.70 bits per heavy atom. The van der Waals surface area contributed by atoms with E-state index in [1.165, 1.54) is 38.4 Å². The van der Waals surface area contributed by atoms with Gasteiger partial charge in [0.15, 0.2) is 6.61 Å². The van der Waals surface area contributed by atoms with Crippen LogP contribution in [0, 0.1) is 5.82 Å². The maximum atomic E-state index is 13.0. The molecule has 0 spiro atoms. The molecule has 2 amide bonds. The number of benzene rings is 1. The molecule has 0 heterocycles. The zero-order valence-corrected chi connectivity index (χ0v) is 13.4. The number of hydrogen-bond acceptors (Lipinski definition) is 4. The Hall–Kier alpha value is -2.41. The molecule has 0 aliphatic heterocycles. The number of amides is 2. The number of nitrogens with one attached hydrogen (secondary N) is 1. The Bertz CT molecular complexity index is 634. The summed E-state index contributed by atoms with van der Waals surface area (Å²) in [4.78, 5) is 35.4. The van der Waals surface area contributed by atoms with Crippen molar-refractivity contribution in [2.75, 3.05) is 27.2 Å². The molecule has 0 aromatic heterocycles. The van der Waals surface area contributed by atoms with E-state index in [4.69, 9.17) is 16.3 Å². The van der Waals surface area contributed by atoms with Gasteiger partial charge < -0.3 is 15.0 Å². The SMILES string of the molecule is CNC(=O)CN(C)C(=O)COC(=O)/C=C/c1ccc(F)c(Cl)c1. The van der Waals surface area contributed by atoms with Crippen molar-refractivity contribution in [3.63, 3.8) is 0 Å². The van der Waals surface area contributed by atoms with Crippen LogP contribution in [0.2, 0.25) is 5.02 Å². The van der Waals surface area contributed by atoms with Crippen molar-refractivity contribution in [1.29, 1.82) is 0 Å². The number of halogens is 2. The molecule has 124 valence electrons. The van der Waals surface area contributed by atoms with E-state index in [0.29, 0.717) is 5.56 Å². The van der Waals surface area contributed by atoms with Gasteiger partial charge in [-0.15, -0.1) is 0 Å². The Kier molecular flexibility index (Phi) is 7.21. The van der Waals surface area contributed by atoms with Crippen LogP contribution in [0.1, 0.15) is 5.56 Å². The minimum atomic E-state index is -0.743. The van der Waals surface area contributed by atoms with E-state index in [0.717, 1.165) is 11.0 Å². The van der Waals surface area contributed by atoms with E-state index in [-0.39, 0.29) is 17.5 Å². The molecule has 0 aliphatic rings. The molecule has 8 heteroatoms. The Labute approximate surface area is 137 Å². The predicted molar refractivity (Wildman–Crippen MR) is 83.1 cm³/mol. The Balaban J connectivity index is 2.47. The summed E-state index contributed by atoms with van der Waals surface area (Å²) in [5.41, 5.74) is 0.511. The molecule has 0 saturated heterocycles. The van der Waals surface area contributed by atoms with Gasteiger partial charge in [-0.1, -0.05) is 17.7 Å². The summed E-state index contributed by atoms with van der Waals surface area (Å²) >= 11 is 5.61. The molecule has 0 radical (unpaired) electrons. The van der Waals surface area contributed by atoms with Crippen LogP contribution >= 0.6 is 11.6 Å². The summed E-state index contributed by atoms with van der Waals surface area (Å²) in [6.07, 6.45) is 2.47. The van der Waals surface area contributed by atoms with Crippen LogP contribution in [0.3, 0.4) is 0 Å². The molecule has 0 fully saturated rings. The van der Waals surface area contributed by atoms with Crippen molar-refractivity contribution in [1.82, 2.24) is 10.2 Å². The molecule has 0 atom stereocenters. The maximum Gasteiger partial charge on any atom is 0.331 e. The minimum absolute atomic E-state index is 0.0634. The number of carbonyl (C=O) groups is 3. The van der Waals surface area contributed by atoms with Gasteiger partial charge in [-0.05, 0) is 23.8 Å². The molecule has 0 unspecified atom stereocenters. The number of likely N-dealkylation sites (N-methyl/N-ethyl adjacent to an activating group) is 2. The zero-order chi connectivity index (χ0) is 17.4. The molecule has 0 bridgehead atoms. The summed E-state index contributed by atoms with van der Waals surface area (Å²) < 4.78 is 17.7. The summed E-state index contributed by atoms with van der Waals surface area (Å²) in [6.45, 7) is -0.613. The van der Waals surface area contributed by atoms with Crippen LogP contribution in [-0.2, 0) is 19.1 Å². The lowest BCUT2D eigenvalue weighted by Crippen LogP contribution is -2.38. The molecule has 1 aromatic rings. The van der Waals surface area contributed by atoms with Gasteiger partial charge in [-0.25, -0.2) is 9.18 Å². The third-order valence-corrected chi connectivity index (χ3v) is 3.07. The third kappa shape index (κ3) is 6.48. The highest BCUT2D eigenvalue weighted by atomic mass is 35.5. The van der Waals surface area contributed by atoms with Gasteiger partial charge in [0.05, 0.1) is 11.6 Å². The van der Waals surface area contributed by atoms with E-state index in [1.807, 2.05) is 0 Å². The summed E-state index contributed by atoms with van der Waals surface area (Å²) in [6, 6.07) is 3.96. The van der Waals surface area contributed by atoms with Crippen LogP contribution in [0.4, 0.5) is 4.39 Å². The normalized spacial score (nSPS) is 10.4. The van der Waals surface area contributed by atoms with Crippen molar-refractivity contribution in [3.05, 3.63) is 40.7 Å². The van der Waals surface area contributed by atoms with Crippen LogP contribution in [0.5, 0.6) is 0 Å². The summed E-state index contributed by atoms with van der Waals surface area (Å²) in [7, 11) is 2.87. The average Bonchev–Trinajstić information content (AvgIpc) is 2.53. The highest BCUT2D eigenvalue weighted by Gasteiger charge is 2.13. The molecule has 1 aromatic carbocycles. The molecular weight excluding hydrogens is 327 g/mol. The first-order valence-electron chi connectivity index (χ1n) is 6.58. The molecule has 1 N–H and O–H groups in total. The van der Waals surface area contributed by atoms with E-state index in [2.05, 4.69) is 5.32 Å². The van der Waals surface area contributed by atoms with E-state index in [9.17, 15) is 18.8 Å². The highest BCUT2D eigenvalue weighted by Crippen LogP contribution is 2.16. The van der Waals surface area contributed by atoms with Gasteiger partial charge in [0, 0.05) is 20.2 Å². The second-order valence-corrected chi connectivity index (χ2v) is 4.94. The van der Waals surface area contributed by atoms with Crippen molar-refractivity contribution in [3.8, 4) is 0 Å². The van der Waals surface area contributed by atoms with Crippen LogP contribution in [-0.4, -0.2) is 49.9 Å². The number of carbonyl (C=O) groups excluding carboxylic acids is 3. The standard InChI is InChI=1S/C15H16ClFN2O4/c1-18-13(20)8-19(2)14(21)9-23-15(22)6-4-10-3-5-12(17)11(16)7-10/h3-7H,8-9H2,1-2H3,(H,18,20)/b6-4+. The zero-order valence-electron chi connectivity index (χ0n) is 12.6. The molecule has 23 heavy (non-hydrogen) atoms. The summed E-state index contributed by atoms with van der Waals surface area (Å²) in [5.74, 6) is -2.15. The Morgan fingerprint density at radius 2 is 2.09 bits per heavy atom. The number of hydrogen-bond donors (Lipinski definition) is 1. The lowest BCUT2D eigenvalue weighted by Gasteiger charge is -2.15. The quantitative estimate of drug-likeness (QED) is 0.623. The van der Waals surface area contributed by atoms with Gasteiger partial charge in [-0.3, -0.25) is 9.59 Å². The second kappa shape index (κ2) is 8.89. The van der Waals surface area contributed by atoms with Crippen molar-refractivity contribution < 1.29 is 23.5 Å². The van der Waals surface area contributed by atoms with E-state index >= 15 is 0 Å².